The third-order valence-corrected chi connectivity index (χ3v) is 1.31. The summed E-state index contributed by atoms with van der Waals surface area (Å²) < 4.78 is 0. The predicted octanol–water partition coefficient (Wildman–Crippen LogP) is -1.12. The summed E-state index contributed by atoms with van der Waals surface area (Å²) in [5.74, 6) is -1.91. The average Bonchev–Trinajstić information content (AvgIpc) is 2.14. The van der Waals surface area contributed by atoms with Crippen LogP contribution >= 0.6 is 0 Å². The molecule has 0 saturated carbocycles. The van der Waals surface area contributed by atoms with Gasteiger partial charge in [-0.15, -0.1) is 0 Å². The second-order valence-corrected chi connectivity index (χ2v) is 2.39. The van der Waals surface area contributed by atoms with Crippen LogP contribution in [-0.4, -0.2) is 36.5 Å². The number of carboxylic acid groups (broad SMARTS) is 1. The molecule has 0 aliphatic carbocycles. The van der Waals surface area contributed by atoms with Crippen LogP contribution in [0.2, 0.25) is 0 Å². The van der Waals surface area contributed by atoms with Crippen LogP contribution in [0.4, 0.5) is 0 Å². The van der Waals surface area contributed by atoms with Gasteiger partial charge in [0.1, 0.15) is 0 Å². The third-order valence-electron chi connectivity index (χ3n) is 1.31. The molecule has 0 aromatic heterocycles. The zero-order valence-electron chi connectivity index (χ0n) is 7.74. The number of carboxylic acids is 1. The Morgan fingerprint density at radius 3 is 2.43 bits per heavy atom. The Balaban J connectivity index is 3.65. The Bertz CT molecular complexity index is 260. The lowest BCUT2D eigenvalue weighted by atomic mass is 10.4. The van der Waals surface area contributed by atoms with Crippen molar-refractivity contribution in [3.63, 3.8) is 0 Å². The minimum atomic E-state index is -1.19. The van der Waals surface area contributed by atoms with Crippen LogP contribution in [0.15, 0.2) is 12.2 Å². The molecule has 0 aliphatic rings. The van der Waals surface area contributed by atoms with Crippen LogP contribution in [0.3, 0.4) is 0 Å². The van der Waals surface area contributed by atoms with E-state index in [1.807, 2.05) is 0 Å². The summed E-state index contributed by atoms with van der Waals surface area (Å²) in [6.45, 7) is 0.183. The highest BCUT2D eigenvalue weighted by molar-refractivity contribution is 5.94. The molecule has 78 valence electrons. The SMILES string of the molecule is CNC(=O)CCNC(=O)C=CC(=O)O. The highest BCUT2D eigenvalue weighted by atomic mass is 16.4. The quantitative estimate of drug-likeness (QED) is 0.490. The minimum Gasteiger partial charge on any atom is -0.478 e. The van der Waals surface area contributed by atoms with Crippen molar-refractivity contribution < 1.29 is 19.5 Å². The van der Waals surface area contributed by atoms with Crippen LogP contribution < -0.4 is 10.6 Å². The van der Waals surface area contributed by atoms with E-state index in [-0.39, 0.29) is 18.9 Å². The van der Waals surface area contributed by atoms with Gasteiger partial charge in [-0.1, -0.05) is 0 Å². The fraction of sp³-hybridized carbons (Fsp3) is 0.375. The first-order valence-corrected chi connectivity index (χ1v) is 3.95. The minimum absolute atomic E-state index is 0.170. The number of carbonyl (C=O) groups is 3. The molecule has 3 N–H and O–H groups in total. The first-order valence-electron chi connectivity index (χ1n) is 3.95. The maximum Gasteiger partial charge on any atom is 0.328 e. The smallest absolute Gasteiger partial charge is 0.328 e. The normalized spacial score (nSPS) is 9.79. The molecule has 0 saturated heterocycles. The molecular formula is C8H12N2O4. The molecule has 0 aromatic carbocycles. The van der Waals surface area contributed by atoms with E-state index in [1.54, 1.807) is 0 Å². The maximum absolute atomic E-state index is 10.8. The first-order chi connectivity index (χ1) is 6.56. The van der Waals surface area contributed by atoms with E-state index < -0.39 is 11.9 Å². The second-order valence-electron chi connectivity index (χ2n) is 2.39. The summed E-state index contributed by atoms with van der Waals surface area (Å²) in [5.41, 5.74) is 0. The Morgan fingerprint density at radius 2 is 1.93 bits per heavy atom. The lowest BCUT2D eigenvalue weighted by molar-refractivity contribution is -0.131. The molecule has 0 atom stereocenters. The van der Waals surface area contributed by atoms with E-state index >= 15 is 0 Å². The Hall–Kier alpha value is -1.85. The largest absolute Gasteiger partial charge is 0.478 e. The highest BCUT2D eigenvalue weighted by Crippen LogP contribution is 1.78. The van der Waals surface area contributed by atoms with Crippen LogP contribution in [0, 0.1) is 0 Å². The Labute approximate surface area is 81.0 Å². The second kappa shape index (κ2) is 6.64. The van der Waals surface area contributed by atoms with Crippen molar-refractivity contribution in [2.24, 2.45) is 0 Å². The van der Waals surface area contributed by atoms with Gasteiger partial charge < -0.3 is 15.7 Å². The number of hydrogen-bond acceptors (Lipinski definition) is 3. The van der Waals surface area contributed by atoms with E-state index in [4.69, 9.17) is 5.11 Å². The van der Waals surface area contributed by atoms with E-state index in [9.17, 15) is 14.4 Å². The predicted molar refractivity (Wildman–Crippen MR) is 48.5 cm³/mol. The Kier molecular flexibility index (Phi) is 5.77. The molecule has 0 bridgehead atoms. The fourth-order valence-corrected chi connectivity index (χ4v) is 0.630. The van der Waals surface area contributed by atoms with E-state index in [2.05, 4.69) is 10.6 Å². The van der Waals surface area contributed by atoms with Gasteiger partial charge in [-0.05, 0) is 0 Å². The summed E-state index contributed by atoms with van der Waals surface area (Å²) in [7, 11) is 1.49. The third kappa shape index (κ3) is 6.84. The van der Waals surface area contributed by atoms with Gasteiger partial charge in [-0.2, -0.15) is 0 Å². The van der Waals surface area contributed by atoms with Gasteiger partial charge in [-0.3, -0.25) is 9.59 Å². The maximum atomic E-state index is 10.8. The highest BCUT2D eigenvalue weighted by Gasteiger charge is 1.99. The van der Waals surface area contributed by atoms with Crippen molar-refractivity contribution in [1.82, 2.24) is 10.6 Å². The zero-order valence-corrected chi connectivity index (χ0v) is 7.74. The van der Waals surface area contributed by atoms with E-state index in [0.717, 1.165) is 12.2 Å². The van der Waals surface area contributed by atoms with Crippen molar-refractivity contribution in [2.75, 3.05) is 13.6 Å². The summed E-state index contributed by atoms with van der Waals surface area (Å²) in [4.78, 5) is 31.5. The van der Waals surface area contributed by atoms with Crippen molar-refractivity contribution in [3.05, 3.63) is 12.2 Å². The molecule has 2 amide bonds. The molecule has 0 spiro atoms. The van der Waals surface area contributed by atoms with Gasteiger partial charge in [0.2, 0.25) is 11.8 Å². The van der Waals surface area contributed by atoms with E-state index in [1.165, 1.54) is 7.05 Å². The van der Waals surface area contributed by atoms with Gasteiger partial charge >= 0.3 is 5.97 Å². The summed E-state index contributed by atoms with van der Waals surface area (Å²) in [6, 6.07) is 0. The number of aliphatic carboxylic acids is 1. The van der Waals surface area contributed by atoms with E-state index in [0.29, 0.717) is 0 Å². The molecular weight excluding hydrogens is 188 g/mol. The molecule has 6 heteroatoms. The lowest BCUT2D eigenvalue weighted by Crippen LogP contribution is -2.28. The summed E-state index contributed by atoms with van der Waals surface area (Å²) in [5, 5.41) is 12.9. The fourth-order valence-electron chi connectivity index (χ4n) is 0.630. The molecule has 0 rings (SSSR count). The molecule has 0 unspecified atom stereocenters. The monoisotopic (exact) mass is 200 g/mol. The molecule has 0 aromatic rings. The average molecular weight is 200 g/mol. The number of carbonyl (C=O) groups excluding carboxylic acids is 2. The van der Waals surface area contributed by atoms with Crippen LogP contribution in [-0.2, 0) is 14.4 Å². The topological polar surface area (TPSA) is 95.5 Å². The zero-order chi connectivity index (χ0) is 11.0. The van der Waals surface area contributed by atoms with Crippen LogP contribution in [0.5, 0.6) is 0 Å². The Morgan fingerprint density at radius 1 is 1.29 bits per heavy atom. The van der Waals surface area contributed by atoms with Gasteiger partial charge in [-0.25, -0.2) is 4.79 Å². The molecule has 6 nitrogen and oxygen atoms in total. The lowest BCUT2D eigenvalue weighted by Gasteiger charge is -2.00. The van der Waals surface area contributed by atoms with Gasteiger partial charge in [0, 0.05) is 32.2 Å². The number of rotatable bonds is 5. The van der Waals surface area contributed by atoms with Crippen molar-refractivity contribution in [1.29, 1.82) is 0 Å². The summed E-state index contributed by atoms with van der Waals surface area (Å²) in [6.07, 6.45) is 1.80. The number of hydrogen-bond donors (Lipinski definition) is 3. The van der Waals surface area contributed by atoms with Gasteiger partial charge in [0.25, 0.3) is 0 Å². The molecule has 0 aliphatic heterocycles. The molecule has 14 heavy (non-hydrogen) atoms. The van der Waals surface area contributed by atoms with Gasteiger partial charge in [0.05, 0.1) is 0 Å². The van der Waals surface area contributed by atoms with Gasteiger partial charge in [0.15, 0.2) is 0 Å². The molecule has 0 radical (unpaired) electrons. The first kappa shape index (κ1) is 12.2. The molecule has 0 fully saturated rings. The van der Waals surface area contributed by atoms with Crippen molar-refractivity contribution in [2.45, 2.75) is 6.42 Å². The van der Waals surface area contributed by atoms with Crippen LogP contribution in [0.1, 0.15) is 6.42 Å². The summed E-state index contributed by atoms with van der Waals surface area (Å²) >= 11 is 0. The molecule has 0 heterocycles. The van der Waals surface area contributed by atoms with Crippen molar-refractivity contribution in [3.8, 4) is 0 Å². The van der Waals surface area contributed by atoms with Crippen LogP contribution in [0.25, 0.3) is 0 Å². The standard InChI is InChI=1S/C8H12N2O4/c1-9-6(11)4-5-10-7(12)2-3-8(13)14/h2-3H,4-5H2,1H3,(H,9,11)(H,10,12)(H,13,14). The number of nitrogens with one attached hydrogen (secondary N) is 2. The van der Waals surface area contributed by atoms with Crippen molar-refractivity contribution >= 4 is 17.8 Å². The number of amides is 2.